The van der Waals surface area contributed by atoms with Gasteiger partial charge in [0.2, 0.25) is 0 Å². The van der Waals surface area contributed by atoms with Crippen molar-refractivity contribution >= 4 is 10.9 Å². The highest BCUT2D eigenvalue weighted by Gasteiger charge is 2.09. The molecule has 0 spiro atoms. The predicted molar refractivity (Wildman–Crippen MR) is 66.9 cm³/mol. The van der Waals surface area contributed by atoms with Gasteiger partial charge < -0.3 is 15.4 Å². The number of aromatic hydroxyl groups is 1. The predicted octanol–water partition coefficient (Wildman–Crippen LogP) is 2.33. The molecule has 2 rings (SSSR count). The van der Waals surface area contributed by atoms with Crippen molar-refractivity contribution in [1.29, 1.82) is 0 Å². The normalized spacial score (nSPS) is 11.1. The molecule has 3 nitrogen and oxygen atoms in total. The fourth-order valence-corrected chi connectivity index (χ4v) is 1.97. The molecule has 0 aliphatic rings. The van der Waals surface area contributed by atoms with Gasteiger partial charge in [0.05, 0.1) is 0 Å². The average molecular weight is 218 g/mol. The van der Waals surface area contributed by atoms with Crippen molar-refractivity contribution in [2.24, 2.45) is 0 Å². The van der Waals surface area contributed by atoms with Gasteiger partial charge in [0.25, 0.3) is 0 Å². The second-order valence-corrected chi connectivity index (χ2v) is 4.07. The van der Waals surface area contributed by atoms with E-state index in [1.165, 1.54) is 5.56 Å². The van der Waals surface area contributed by atoms with Gasteiger partial charge in [-0.25, -0.2) is 0 Å². The van der Waals surface area contributed by atoms with Crippen LogP contribution >= 0.6 is 0 Å². The molecule has 0 aliphatic carbocycles. The van der Waals surface area contributed by atoms with E-state index in [4.69, 9.17) is 0 Å². The summed E-state index contributed by atoms with van der Waals surface area (Å²) in [6.45, 7) is 5.94. The molecule has 16 heavy (non-hydrogen) atoms. The summed E-state index contributed by atoms with van der Waals surface area (Å²) in [5.41, 5.74) is 3.11. The van der Waals surface area contributed by atoms with E-state index in [0.717, 1.165) is 36.0 Å². The van der Waals surface area contributed by atoms with Gasteiger partial charge in [-0.2, -0.15) is 0 Å². The topological polar surface area (TPSA) is 48.0 Å². The summed E-state index contributed by atoms with van der Waals surface area (Å²) in [6.07, 6.45) is 2.92. The number of aryl methyl sites for hydroxylation is 1. The van der Waals surface area contributed by atoms with Gasteiger partial charge in [-0.15, -0.1) is 0 Å². The average Bonchev–Trinajstić information content (AvgIpc) is 2.68. The lowest BCUT2D eigenvalue weighted by Crippen LogP contribution is -2.15. The lowest BCUT2D eigenvalue weighted by molar-refractivity contribution is 0.477. The van der Waals surface area contributed by atoms with E-state index in [1.54, 1.807) is 0 Å². The molecule has 0 bridgehead atoms. The van der Waals surface area contributed by atoms with Crippen LogP contribution in [0.1, 0.15) is 18.1 Å². The number of rotatable bonds is 4. The van der Waals surface area contributed by atoms with Crippen LogP contribution in [0, 0.1) is 6.92 Å². The minimum absolute atomic E-state index is 0.408. The van der Waals surface area contributed by atoms with Gasteiger partial charge >= 0.3 is 0 Å². The van der Waals surface area contributed by atoms with Crippen molar-refractivity contribution in [2.75, 3.05) is 13.1 Å². The second kappa shape index (κ2) is 4.58. The van der Waals surface area contributed by atoms with E-state index in [-0.39, 0.29) is 0 Å². The molecule has 86 valence electrons. The van der Waals surface area contributed by atoms with Crippen molar-refractivity contribution in [3.8, 4) is 5.75 Å². The molecule has 1 aromatic heterocycles. The monoisotopic (exact) mass is 218 g/mol. The van der Waals surface area contributed by atoms with E-state index in [2.05, 4.69) is 17.2 Å². The Morgan fingerprint density at radius 3 is 2.94 bits per heavy atom. The zero-order valence-corrected chi connectivity index (χ0v) is 9.80. The number of hydrogen-bond donors (Lipinski definition) is 3. The first-order chi connectivity index (χ1) is 7.74. The van der Waals surface area contributed by atoms with Crippen LogP contribution < -0.4 is 5.32 Å². The van der Waals surface area contributed by atoms with Gasteiger partial charge in [0.1, 0.15) is 5.75 Å². The van der Waals surface area contributed by atoms with E-state index in [9.17, 15) is 5.11 Å². The molecule has 2 aromatic rings. The van der Waals surface area contributed by atoms with Crippen LogP contribution in [0.3, 0.4) is 0 Å². The van der Waals surface area contributed by atoms with Crippen LogP contribution in [-0.2, 0) is 6.42 Å². The fourth-order valence-electron chi connectivity index (χ4n) is 1.97. The zero-order chi connectivity index (χ0) is 11.5. The number of aromatic nitrogens is 1. The number of likely N-dealkylation sites (N-methyl/N-ethyl adjacent to an activating group) is 1. The van der Waals surface area contributed by atoms with E-state index < -0.39 is 0 Å². The van der Waals surface area contributed by atoms with Crippen LogP contribution in [0.25, 0.3) is 10.9 Å². The van der Waals surface area contributed by atoms with Crippen molar-refractivity contribution in [3.05, 3.63) is 29.5 Å². The van der Waals surface area contributed by atoms with Crippen LogP contribution in [0.4, 0.5) is 0 Å². The minimum atomic E-state index is 0.408. The molecule has 0 saturated heterocycles. The van der Waals surface area contributed by atoms with Crippen LogP contribution in [0.15, 0.2) is 18.3 Å². The molecule has 0 amide bonds. The summed E-state index contributed by atoms with van der Waals surface area (Å²) < 4.78 is 0. The molecule has 0 radical (unpaired) electrons. The Hall–Kier alpha value is -1.48. The molecule has 0 fully saturated rings. The zero-order valence-electron chi connectivity index (χ0n) is 9.80. The highest BCUT2D eigenvalue weighted by atomic mass is 16.3. The van der Waals surface area contributed by atoms with Crippen molar-refractivity contribution in [1.82, 2.24) is 10.3 Å². The van der Waals surface area contributed by atoms with Crippen molar-refractivity contribution < 1.29 is 5.11 Å². The quantitative estimate of drug-likeness (QED) is 0.690. The third-order valence-corrected chi connectivity index (χ3v) is 2.92. The third-order valence-electron chi connectivity index (χ3n) is 2.92. The van der Waals surface area contributed by atoms with Gasteiger partial charge in [0.15, 0.2) is 0 Å². The second-order valence-electron chi connectivity index (χ2n) is 4.07. The summed E-state index contributed by atoms with van der Waals surface area (Å²) in [5.74, 6) is 0.408. The molecule has 3 heteroatoms. The first kappa shape index (κ1) is 11.0. The SMILES string of the molecule is CCNCCc1c[nH]c2ccc(C)c(O)c12. The number of hydrogen-bond acceptors (Lipinski definition) is 2. The number of H-pyrrole nitrogens is 1. The lowest BCUT2D eigenvalue weighted by atomic mass is 10.1. The fraction of sp³-hybridized carbons (Fsp3) is 0.385. The molecular formula is C13H18N2O. The van der Waals surface area contributed by atoms with Gasteiger partial charge in [-0.05, 0) is 43.6 Å². The molecule has 0 aliphatic heterocycles. The largest absolute Gasteiger partial charge is 0.507 e. The maximum absolute atomic E-state index is 10.0. The number of phenolic OH excluding ortho intramolecular Hbond substituents is 1. The number of fused-ring (bicyclic) bond motifs is 1. The highest BCUT2D eigenvalue weighted by molar-refractivity contribution is 5.90. The van der Waals surface area contributed by atoms with Crippen molar-refractivity contribution in [2.45, 2.75) is 20.3 Å². The summed E-state index contributed by atoms with van der Waals surface area (Å²) in [4.78, 5) is 3.20. The number of aromatic amines is 1. The summed E-state index contributed by atoms with van der Waals surface area (Å²) in [6, 6.07) is 3.95. The first-order valence-electron chi connectivity index (χ1n) is 5.73. The Bertz CT molecular complexity index is 488. The minimum Gasteiger partial charge on any atom is -0.507 e. The summed E-state index contributed by atoms with van der Waals surface area (Å²) >= 11 is 0. The lowest BCUT2D eigenvalue weighted by Gasteiger charge is -2.04. The van der Waals surface area contributed by atoms with Crippen molar-refractivity contribution in [3.63, 3.8) is 0 Å². The van der Waals surface area contributed by atoms with Crippen LogP contribution in [0.2, 0.25) is 0 Å². The van der Waals surface area contributed by atoms with E-state index in [1.807, 2.05) is 25.3 Å². The number of benzene rings is 1. The third kappa shape index (κ3) is 1.91. The number of nitrogens with one attached hydrogen (secondary N) is 2. The van der Waals surface area contributed by atoms with Gasteiger partial charge in [-0.3, -0.25) is 0 Å². The molecule has 1 aromatic carbocycles. The van der Waals surface area contributed by atoms with Crippen LogP contribution in [-0.4, -0.2) is 23.2 Å². The Labute approximate surface area is 95.5 Å². The van der Waals surface area contributed by atoms with E-state index >= 15 is 0 Å². The smallest absolute Gasteiger partial charge is 0.128 e. The van der Waals surface area contributed by atoms with Gasteiger partial charge in [-0.1, -0.05) is 13.0 Å². The summed E-state index contributed by atoms with van der Waals surface area (Å²) in [5, 5.41) is 14.3. The van der Waals surface area contributed by atoms with Crippen LogP contribution in [0.5, 0.6) is 5.75 Å². The molecule has 0 saturated carbocycles. The molecule has 0 atom stereocenters. The first-order valence-corrected chi connectivity index (χ1v) is 5.73. The Morgan fingerprint density at radius 1 is 1.38 bits per heavy atom. The molecular weight excluding hydrogens is 200 g/mol. The Kier molecular flexibility index (Phi) is 3.15. The maximum atomic E-state index is 10.0. The van der Waals surface area contributed by atoms with Gasteiger partial charge in [0, 0.05) is 17.1 Å². The Balaban J connectivity index is 2.35. The molecule has 3 N–H and O–H groups in total. The number of phenols is 1. The maximum Gasteiger partial charge on any atom is 0.128 e. The molecule has 1 heterocycles. The summed E-state index contributed by atoms with van der Waals surface area (Å²) in [7, 11) is 0. The van der Waals surface area contributed by atoms with E-state index in [0.29, 0.717) is 5.75 Å². The molecule has 0 unspecified atom stereocenters. The standard InChI is InChI=1S/C13H18N2O/c1-3-14-7-6-10-8-15-11-5-4-9(2)13(16)12(10)11/h4-5,8,14-16H,3,6-7H2,1-2H3. The highest BCUT2D eigenvalue weighted by Crippen LogP contribution is 2.30. The Morgan fingerprint density at radius 2 is 2.19 bits per heavy atom.